The Morgan fingerprint density at radius 2 is 2.20 bits per heavy atom. The van der Waals surface area contributed by atoms with Gasteiger partial charge in [0.1, 0.15) is 5.82 Å². The van der Waals surface area contributed by atoms with Gasteiger partial charge in [-0.3, -0.25) is 0 Å². The molecule has 4 heteroatoms. The second-order valence-electron chi connectivity index (χ2n) is 4.08. The Morgan fingerprint density at radius 3 is 2.80 bits per heavy atom. The maximum atomic E-state index is 5.91. The molecule has 0 aliphatic heterocycles. The topological polar surface area (TPSA) is 54.2 Å². The molecule has 1 heterocycles. The number of nitrogens with zero attached hydrogens (tertiary/aromatic N) is 2. The lowest BCUT2D eigenvalue weighted by Gasteiger charge is -2.20. The summed E-state index contributed by atoms with van der Waals surface area (Å²) in [5.41, 5.74) is 7.71. The molecule has 0 bridgehead atoms. The summed E-state index contributed by atoms with van der Waals surface area (Å²) in [4.78, 5) is 6.37. The van der Waals surface area contributed by atoms with Crippen LogP contribution >= 0.6 is 0 Å². The summed E-state index contributed by atoms with van der Waals surface area (Å²) in [5.74, 6) is 0.781. The first-order chi connectivity index (χ1) is 7.02. The van der Waals surface area contributed by atoms with E-state index in [1.165, 1.54) is 0 Å². The molecule has 0 aliphatic carbocycles. The van der Waals surface area contributed by atoms with Gasteiger partial charge in [0.25, 0.3) is 0 Å². The summed E-state index contributed by atoms with van der Waals surface area (Å²) >= 11 is 0. The maximum Gasteiger partial charge on any atom is 0.149 e. The molecule has 0 spiro atoms. The Labute approximate surface area is 91.5 Å². The van der Waals surface area contributed by atoms with Crippen LogP contribution in [0, 0.1) is 6.92 Å². The summed E-state index contributed by atoms with van der Waals surface area (Å²) in [7, 11) is 4.11. The van der Waals surface area contributed by atoms with Crippen LogP contribution in [0.1, 0.15) is 12.5 Å². The number of nitrogens with one attached hydrogen (secondary N) is 1. The molecule has 15 heavy (non-hydrogen) atoms. The van der Waals surface area contributed by atoms with Crippen LogP contribution < -0.4 is 11.1 Å². The highest BCUT2D eigenvalue weighted by Crippen LogP contribution is 2.18. The lowest BCUT2D eigenvalue weighted by atomic mass is 10.2. The minimum absolute atomic E-state index is 0.451. The zero-order chi connectivity index (χ0) is 11.4. The molecule has 0 aliphatic rings. The molecule has 1 aromatic rings. The van der Waals surface area contributed by atoms with Gasteiger partial charge in [0.2, 0.25) is 0 Å². The third-order valence-electron chi connectivity index (χ3n) is 2.65. The third-order valence-corrected chi connectivity index (χ3v) is 2.65. The van der Waals surface area contributed by atoms with Crippen molar-refractivity contribution in [1.29, 1.82) is 0 Å². The lowest BCUT2D eigenvalue weighted by molar-refractivity contribution is 0.326. The highest BCUT2D eigenvalue weighted by molar-refractivity contribution is 5.64. The van der Waals surface area contributed by atoms with Gasteiger partial charge in [-0.25, -0.2) is 4.98 Å². The number of nitrogens with two attached hydrogens (primary N) is 1. The molecule has 0 radical (unpaired) electrons. The first-order valence-corrected chi connectivity index (χ1v) is 5.13. The van der Waals surface area contributed by atoms with Crippen LogP contribution in [-0.4, -0.2) is 36.6 Å². The Bertz CT molecular complexity index is 322. The summed E-state index contributed by atoms with van der Waals surface area (Å²) < 4.78 is 0. The molecule has 1 rings (SSSR count). The summed E-state index contributed by atoms with van der Waals surface area (Å²) in [6.07, 6.45) is 1.77. The van der Waals surface area contributed by atoms with Crippen molar-refractivity contribution in [2.45, 2.75) is 19.9 Å². The maximum absolute atomic E-state index is 5.91. The molecule has 0 saturated heterocycles. The second kappa shape index (κ2) is 4.98. The summed E-state index contributed by atoms with van der Waals surface area (Å²) in [5, 5.41) is 3.26. The molecule has 1 aromatic heterocycles. The van der Waals surface area contributed by atoms with Gasteiger partial charge < -0.3 is 16.0 Å². The number of pyridine rings is 1. The van der Waals surface area contributed by atoms with Crippen molar-refractivity contribution in [2.75, 3.05) is 31.7 Å². The fraction of sp³-hybridized carbons (Fsp3) is 0.545. The molecule has 0 amide bonds. The highest BCUT2D eigenvalue weighted by atomic mass is 15.1. The van der Waals surface area contributed by atoms with E-state index in [-0.39, 0.29) is 0 Å². The smallest absolute Gasteiger partial charge is 0.149 e. The standard InChI is InChI=1S/C11H20N4/c1-8-5-6-13-11(10(8)12)14-7-9(2)15(3)4/h5-6,9H,7,12H2,1-4H3,(H,13,14). The normalized spacial score (nSPS) is 12.9. The van der Waals surface area contributed by atoms with E-state index in [9.17, 15) is 0 Å². The predicted molar refractivity (Wildman–Crippen MR) is 65.0 cm³/mol. The Morgan fingerprint density at radius 1 is 1.53 bits per heavy atom. The van der Waals surface area contributed by atoms with Gasteiger partial charge in [-0.15, -0.1) is 0 Å². The Balaban J connectivity index is 2.62. The number of aryl methyl sites for hydroxylation is 1. The van der Waals surface area contributed by atoms with E-state index in [0.717, 1.165) is 23.6 Å². The van der Waals surface area contributed by atoms with Crippen molar-refractivity contribution in [3.8, 4) is 0 Å². The van der Waals surface area contributed by atoms with E-state index >= 15 is 0 Å². The van der Waals surface area contributed by atoms with Gasteiger partial charge in [0.15, 0.2) is 0 Å². The van der Waals surface area contributed by atoms with Crippen LogP contribution in [-0.2, 0) is 0 Å². The number of likely N-dealkylation sites (N-methyl/N-ethyl adjacent to an activating group) is 1. The molecular weight excluding hydrogens is 188 g/mol. The van der Waals surface area contributed by atoms with E-state index in [4.69, 9.17) is 5.73 Å². The molecule has 1 atom stereocenters. The molecule has 0 saturated carbocycles. The molecule has 0 fully saturated rings. The SMILES string of the molecule is Cc1ccnc(NCC(C)N(C)C)c1N. The van der Waals surface area contributed by atoms with Gasteiger partial charge >= 0.3 is 0 Å². The number of anilines is 2. The van der Waals surface area contributed by atoms with Crippen LogP contribution in [0.2, 0.25) is 0 Å². The van der Waals surface area contributed by atoms with Gasteiger partial charge in [0, 0.05) is 18.8 Å². The van der Waals surface area contributed by atoms with Gasteiger partial charge in [0.05, 0.1) is 5.69 Å². The first-order valence-electron chi connectivity index (χ1n) is 5.13. The molecular formula is C11H20N4. The number of nitrogen functional groups attached to an aromatic ring is 1. The lowest BCUT2D eigenvalue weighted by Crippen LogP contribution is -2.31. The molecule has 0 aromatic carbocycles. The number of hydrogen-bond acceptors (Lipinski definition) is 4. The highest BCUT2D eigenvalue weighted by Gasteiger charge is 2.06. The van der Waals surface area contributed by atoms with Crippen molar-refractivity contribution < 1.29 is 0 Å². The molecule has 1 unspecified atom stereocenters. The number of hydrogen-bond donors (Lipinski definition) is 2. The van der Waals surface area contributed by atoms with E-state index in [1.807, 2.05) is 13.0 Å². The van der Waals surface area contributed by atoms with Crippen LogP contribution in [0.15, 0.2) is 12.3 Å². The molecule has 3 N–H and O–H groups in total. The average molecular weight is 208 g/mol. The van der Waals surface area contributed by atoms with Crippen LogP contribution in [0.4, 0.5) is 11.5 Å². The van der Waals surface area contributed by atoms with Crippen molar-refractivity contribution >= 4 is 11.5 Å². The van der Waals surface area contributed by atoms with E-state index in [2.05, 4.69) is 36.2 Å². The quantitative estimate of drug-likeness (QED) is 0.784. The molecule has 84 valence electrons. The summed E-state index contributed by atoms with van der Waals surface area (Å²) in [6.45, 7) is 4.98. The fourth-order valence-corrected chi connectivity index (χ4v) is 1.14. The first kappa shape index (κ1) is 11.8. The van der Waals surface area contributed by atoms with Crippen LogP contribution in [0.5, 0.6) is 0 Å². The van der Waals surface area contributed by atoms with E-state index < -0.39 is 0 Å². The monoisotopic (exact) mass is 208 g/mol. The molecule has 4 nitrogen and oxygen atoms in total. The predicted octanol–water partition coefficient (Wildman–Crippen LogP) is 1.33. The van der Waals surface area contributed by atoms with Crippen molar-refractivity contribution in [3.05, 3.63) is 17.8 Å². The van der Waals surface area contributed by atoms with Gasteiger partial charge in [-0.1, -0.05) is 0 Å². The van der Waals surface area contributed by atoms with E-state index in [0.29, 0.717) is 6.04 Å². The van der Waals surface area contributed by atoms with Gasteiger partial charge in [-0.2, -0.15) is 0 Å². The third kappa shape index (κ3) is 3.09. The number of rotatable bonds is 4. The minimum Gasteiger partial charge on any atom is -0.396 e. The number of aromatic nitrogens is 1. The van der Waals surface area contributed by atoms with Crippen molar-refractivity contribution in [1.82, 2.24) is 9.88 Å². The Hall–Kier alpha value is -1.29. The minimum atomic E-state index is 0.451. The van der Waals surface area contributed by atoms with Crippen molar-refractivity contribution in [3.63, 3.8) is 0 Å². The fourth-order valence-electron chi connectivity index (χ4n) is 1.14. The zero-order valence-corrected chi connectivity index (χ0v) is 9.91. The van der Waals surface area contributed by atoms with Gasteiger partial charge in [-0.05, 0) is 39.6 Å². The Kier molecular flexibility index (Phi) is 3.91. The average Bonchev–Trinajstić information content (AvgIpc) is 2.19. The van der Waals surface area contributed by atoms with E-state index in [1.54, 1.807) is 6.20 Å². The van der Waals surface area contributed by atoms with Crippen molar-refractivity contribution in [2.24, 2.45) is 0 Å². The summed E-state index contributed by atoms with van der Waals surface area (Å²) in [6, 6.07) is 2.36. The second-order valence-corrected chi connectivity index (χ2v) is 4.08. The largest absolute Gasteiger partial charge is 0.396 e. The van der Waals surface area contributed by atoms with Crippen LogP contribution in [0.3, 0.4) is 0 Å². The zero-order valence-electron chi connectivity index (χ0n) is 9.91. The van der Waals surface area contributed by atoms with Crippen LogP contribution in [0.25, 0.3) is 0 Å².